The van der Waals surface area contributed by atoms with E-state index in [-0.39, 0.29) is 59.3 Å². The number of hydrogen-bond donors (Lipinski definition) is 1. The first-order chi connectivity index (χ1) is 28.2. The van der Waals surface area contributed by atoms with Crippen molar-refractivity contribution in [2.24, 2.45) is 11.8 Å². The molecule has 2 fully saturated rings. The predicted molar refractivity (Wildman–Crippen MR) is 206 cm³/mol. The number of halogens is 3. The molecule has 0 bridgehead atoms. The lowest BCUT2D eigenvalue weighted by Gasteiger charge is -2.31. The third kappa shape index (κ3) is 11.3. The number of hydrogen-bond acceptors (Lipinski definition) is 13. The first kappa shape index (κ1) is 43.0. The van der Waals surface area contributed by atoms with Gasteiger partial charge in [-0.15, -0.1) is 0 Å². The fourth-order valence-electron chi connectivity index (χ4n) is 6.37. The number of aromatic nitrogens is 4. The molecule has 306 valence electrons. The number of aliphatic carboxylic acids is 1. The van der Waals surface area contributed by atoms with Crippen LogP contribution in [0, 0.1) is 62.7 Å². The van der Waals surface area contributed by atoms with Gasteiger partial charge in [0.05, 0.1) is 33.9 Å². The quantitative estimate of drug-likeness (QED) is 0.0986. The van der Waals surface area contributed by atoms with E-state index >= 15 is 0 Å². The number of ether oxygens (including phenoxy) is 1. The van der Waals surface area contributed by atoms with Crippen LogP contribution < -0.4 is 9.80 Å². The van der Waals surface area contributed by atoms with Gasteiger partial charge < -0.3 is 19.6 Å². The minimum Gasteiger partial charge on any atom is -0.481 e. The molecule has 0 amide bonds. The summed E-state index contributed by atoms with van der Waals surface area (Å²) >= 11 is 0. The van der Waals surface area contributed by atoms with Crippen LogP contribution in [0.5, 0.6) is 0 Å². The van der Waals surface area contributed by atoms with E-state index in [1.165, 1.54) is 18.5 Å². The van der Waals surface area contributed by atoms with E-state index in [1.54, 1.807) is 11.8 Å². The number of carbonyl (C=O) groups excluding carboxylic acids is 1. The number of rotatable bonds is 7. The molecular formula is C40H37F3N8O8. The van der Waals surface area contributed by atoms with Crippen molar-refractivity contribution >= 4 is 34.9 Å². The molecule has 19 heteroatoms. The van der Waals surface area contributed by atoms with Crippen molar-refractivity contribution in [1.29, 1.82) is 0 Å². The third-order valence-electron chi connectivity index (χ3n) is 9.41. The second-order valence-electron chi connectivity index (χ2n) is 13.4. The number of nitrogens with zero attached hydrogens (tertiary/aromatic N) is 8. The van der Waals surface area contributed by atoms with Gasteiger partial charge in [0, 0.05) is 37.3 Å². The Balaban J connectivity index is 0.000000224. The summed E-state index contributed by atoms with van der Waals surface area (Å²) in [5.41, 5.74) is 0.494. The molecule has 0 unspecified atom stereocenters. The fraction of sp³-hybridized carbons (Fsp3) is 0.350. The van der Waals surface area contributed by atoms with Crippen molar-refractivity contribution in [2.75, 3.05) is 42.6 Å². The van der Waals surface area contributed by atoms with Crippen LogP contribution in [0.15, 0.2) is 61.2 Å². The lowest BCUT2D eigenvalue weighted by molar-refractivity contribution is -0.385. The van der Waals surface area contributed by atoms with Crippen molar-refractivity contribution in [3.63, 3.8) is 0 Å². The smallest absolute Gasteiger partial charge is 0.416 e. The van der Waals surface area contributed by atoms with Gasteiger partial charge >= 0.3 is 29.5 Å². The van der Waals surface area contributed by atoms with Gasteiger partial charge in [0.15, 0.2) is 11.4 Å². The molecular weight excluding hydrogens is 777 g/mol. The minimum atomic E-state index is -4.47. The Kier molecular flexibility index (Phi) is 14.1. The maximum Gasteiger partial charge on any atom is 0.416 e. The average Bonchev–Trinajstić information content (AvgIpc) is 3.22. The highest BCUT2D eigenvalue weighted by molar-refractivity contribution is 5.73. The monoisotopic (exact) mass is 814 g/mol. The maximum atomic E-state index is 12.6. The first-order valence-electron chi connectivity index (χ1n) is 18.3. The molecule has 4 aromatic rings. The molecule has 2 saturated heterocycles. The summed E-state index contributed by atoms with van der Waals surface area (Å²) in [6, 6.07) is 11.7. The fourth-order valence-corrected chi connectivity index (χ4v) is 6.37. The molecule has 0 radical (unpaired) electrons. The number of piperidine rings is 2. The number of anilines is 2. The Morgan fingerprint density at radius 3 is 1.71 bits per heavy atom. The zero-order valence-electron chi connectivity index (χ0n) is 31.8. The normalized spacial score (nSPS) is 14.4. The Hall–Kier alpha value is -7.15. The minimum absolute atomic E-state index is 0.0376. The van der Waals surface area contributed by atoms with Crippen molar-refractivity contribution in [1.82, 2.24) is 19.9 Å². The van der Waals surface area contributed by atoms with Gasteiger partial charge in [-0.25, -0.2) is 19.9 Å². The molecule has 6 rings (SSSR count). The number of carbonyl (C=O) groups is 2. The van der Waals surface area contributed by atoms with Crippen LogP contribution in [0.25, 0.3) is 0 Å². The van der Waals surface area contributed by atoms with Crippen LogP contribution in [0.1, 0.15) is 66.2 Å². The molecule has 2 aromatic heterocycles. The molecule has 2 aromatic carbocycles. The Morgan fingerprint density at radius 1 is 0.780 bits per heavy atom. The van der Waals surface area contributed by atoms with E-state index in [9.17, 15) is 43.0 Å². The molecule has 16 nitrogen and oxygen atoms in total. The van der Waals surface area contributed by atoms with Gasteiger partial charge in [-0.05, 0) is 93.3 Å². The van der Waals surface area contributed by atoms with Crippen LogP contribution in [0.3, 0.4) is 0 Å². The second-order valence-corrected chi connectivity index (χ2v) is 13.4. The van der Waals surface area contributed by atoms with E-state index in [2.05, 4.69) is 43.6 Å². The van der Waals surface area contributed by atoms with Gasteiger partial charge in [0.1, 0.15) is 12.7 Å². The molecule has 2 aliphatic heterocycles. The summed E-state index contributed by atoms with van der Waals surface area (Å²) in [5.74, 6) is 9.32. The lowest BCUT2D eigenvalue weighted by Crippen LogP contribution is -2.37. The Bertz CT molecular complexity index is 2320. The van der Waals surface area contributed by atoms with Crippen LogP contribution in [-0.2, 0) is 20.5 Å². The highest BCUT2D eigenvalue weighted by Crippen LogP contribution is 2.33. The maximum absolute atomic E-state index is 12.6. The van der Waals surface area contributed by atoms with Crippen molar-refractivity contribution < 1.29 is 42.5 Å². The van der Waals surface area contributed by atoms with Crippen LogP contribution >= 0.6 is 0 Å². The SMILES string of the molecule is CCOC(=O)C1CCN(c2ncnc(C#Cc3cccc(C)c3)c2[N+](=O)[O-])CC1.O=C(O)C1CCN(c2ncnc(C#Cc3ccc(C(F)(F)F)cc3)c2[N+](=O)[O-])CC1. The summed E-state index contributed by atoms with van der Waals surface area (Å²) < 4.78 is 43.0. The van der Waals surface area contributed by atoms with Crippen molar-refractivity contribution in [2.45, 2.75) is 45.7 Å². The average molecular weight is 815 g/mol. The molecule has 4 heterocycles. The van der Waals surface area contributed by atoms with Gasteiger partial charge in [0.2, 0.25) is 11.6 Å². The number of aryl methyl sites for hydroxylation is 1. The van der Waals surface area contributed by atoms with E-state index in [4.69, 9.17) is 9.84 Å². The zero-order chi connectivity index (χ0) is 42.7. The van der Waals surface area contributed by atoms with E-state index in [0.29, 0.717) is 45.4 Å². The van der Waals surface area contributed by atoms with Gasteiger partial charge in [-0.2, -0.15) is 13.2 Å². The third-order valence-corrected chi connectivity index (χ3v) is 9.41. The number of carboxylic acid groups (broad SMARTS) is 1. The van der Waals surface area contributed by atoms with E-state index in [1.807, 2.05) is 36.1 Å². The number of carboxylic acids is 1. The van der Waals surface area contributed by atoms with Gasteiger partial charge in [-0.3, -0.25) is 29.8 Å². The molecule has 0 saturated carbocycles. The summed E-state index contributed by atoms with van der Waals surface area (Å²) in [7, 11) is 0. The lowest BCUT2D eigenvalue weighted by atomic mass is 9.97. The molecule has 1 N–H and O–H groups in total. The summed E-state index contributed by atoms with van der Waals surface area (Å²) in [6.45, 7) is 5.59. The van der Waals surface area contributed by atoms with Crippen LogP contribution in [-0.4, -0.2) is 79.6 Å². The van der Waals surface area contributed by atoms with Gasteiger partial charge in [0.25, 0.3) is 0 Å². The van der Waals surface area contributed by atoms with Crippen LogP contribution in [0.4, 0.5) is 36.2 Å². The zero-order valence-corrected chi connectivity index (χ0v) is 31.8. The van der Waals surface area contributed by atoms with E-state index < -0.39 is 39.2 Å². The number of esters is 1. The number of alkyl halides is 3. The molecule has 59 heavy (non-hydrogen) atoms. The first-order valence-corrected chi connectivity index (χ1v) is 18.3. The molecule has 0 spiro atoms. The van der Waals surface area contributed by atoms with Crippen molar-refractivity contribution in [3.8, 4) is 23.7 Å². The topological polar surface area (TPSA) is 208 Å². The molecule has 2 aliphatic rings. The summed E-state index contributed by atoms with van der Waals surface area (Å²) in [6.07, 6.45) is -0.302. The van der Waals surface area contributed by atoms with Crippen molar-refractivity contribution in [3.05, 3.63) is 115 Å². The highest BCUT2D eigenvalue weighted by Gasteiger charge is 2.33. The predicted octanol–water partition coefficient (Wildman–Crippen LogP) is 5.98. The molecule has 0 atom stereocenters. The largest absolute Gasteiger partial charge is 0.481 e. The molecule has 0 aliphatic carbocycles. The van der Waals surface area contributed by atoms with E-state index in [0.717, 1.165) is 29.6 Å². The summed E-state index contributed by atoms with van der Waals surface area (Å²) in [5, 5.41) is 32.5. The van der Waals surface area contributed by atoms with Gasteiger partial charge in [-0.1, -0.05) is 24.0 Å². The number of nitro groups is 2. The van der Waals surface area contributed by atoms with Crippen LogP contribution in [0.2, 0.25) is 0 Å². The number of benzene rings is 2. The highest BCUT2D eigenvalue weighted by atomic mass is 19.4. The second kappa shape index (κ2) is 19.3. The Morgan fingerprint density at radius 2 is 1.27 bits per heavy atom. The Labute approximate surface area is 335 Å². The summed E-state index contributed by atoms with van der Waals surface area (Å²) in [4.78, 5) is 64.7. The standard InChI is InChI=1S/C21H22N4O4.C19H15F3N4O4/c1-3-29-21(26)17-9-11-24(12-10-17)20-19(25(27)28)18(22-14-23-20)8-7-16-6-4-5-15(2)13-16;20-19(21,22)14-4-1-12(2-5-14)3-6-15-16(26(29)30)17(24-11-23-15)25-9-7-13(8-10-25)18(27)28/h4-6,13-14,17H,3,9-12H2,1-2H3;1-2,4-5,11,13H,7-10H2,(H,27,28).